The number of aromatic hydroxyl groups is 1. The molecule has 2 N–H and O–H groups in total. The van der Waals surface area contributed by atoms with Crippen LogP contribution < -0.4 is 10.2 Å². The van der Waals surface area contributed by atoms with Crippen LogP contribution in [0.2, 0.25) is 0 Å². The van der Waals surface area contributed by atoms with Gasteiger partial charge in [-0.15, -0.1) is 0 Å². The monoisotopic (exact) mass is 454 g/mol. The molecular formula is C17H16Br2N2O3. The first-order valence-corrected chi connectivity index (χ1v) is 8.65. The Morgan fingerprint density at radius 3 is 2.50 bits per heavy atom. The molecule has 0 aromatic heterocycles. The number of nitrogens with one attached hydrogen (secondary N) is 1. The van der Waals surface area contributed by atoms with Crippen LogP contribution in [-0.4, -0.2) is 23.8 Å². The molecule has 0 aliphatic carbocycles. The highest BCUT2D eigenvalue weighted by Crippen LogP contribution is 2.29. The Kier molecular flexibility index (Phi) is 6.39. The second-order valence-electron chi connectivity index (χ2n) is 5.23. The van der Waals surface area contributed by atoms with E-state index in [4.69, 9.17) is 4.74 Å². The summed E-state index contributed by atoms with van der Waals surface area (Å²) < 4.78 is 6.75. The molecule has 2 aromatic rings. The minimum Gasteiger partial charge on any atom is -0.507 e. The highest BCUT2D eigenvalue weighted by atomic mass is 79.9. The Balaban J connectivity index is 1.90. The van der Waals surface area contributed by atoms with Gasteiger partial charge < -0.3 is 9.84 Å². The third kappa shape index (κ3) is 5.35. The zero-order chi connectivity index (χ0) is 17.7. The minimum absolute atomic E-state index is 0.0872. The summed E-state index contributed by atoms with van der Waals surface area (Å²) in [6, 6.07) is 8.98. The second kappa shape index (κ2) is 8.30. The standard InChI is InChI=1S/C17H16Br2N2O3/c1-10-3-11(2)5-13(4-10)24-9-17(23)21-20-8-12-6-16(22)15(19)7-14(12)18/h3-8,22H,9H2,1-2H3,(H,21,23)/b20-8-. The van der Waals surface area contributed by atoms with Gasteiger partial charge in [-0.2, -0.15) is 5.10 Å². The summed E-state index contributed by atoms with van der Waals surface area (Å²) in [7, 11) is 0. The molecule has 0 bridgehead atoms. The lowest BCUT2D eigenvalue weighted by atomic mass is 10.1. The topological polar surface area (TPSA) is 70.9 Å². The van der Waals surface area contributed by atoms with Gasteiger partial charge in [-0.05, 0) is 65.2 Å². The van der Waals surface area contributed by atoms with Crippen LogP contribution in [0.5, 0.6) is 11.5 Å². The van der Waals surface area contributed by atoms with Gasteiger partial charge in [0.2, 0.25) is 0 Å². The molecule has 0 fully saturated rings. The van der Waals surface area contributed by atoms with Crippen molar-refractivity contribution >= 4 is 44.0 Å². The fraction of sp³-hybridized carbons (Fsp3) is 0.176. The molecule has 0 radical (unpaired) electrons. The molecule has 0 spiro atoms. The molecule has 0 saturated carbocycles. The number of carbonyl (C=O) groups excluding carboxylic acids is 1. The Morgan fingerprint density at radius 1 is 1.17 bits per heavy atom. The van der Waals surface area contributed by atoms with Gasteiger partial charge in [-0.25, -0.2) is 5.43 Å². The molecule has 2 aromatic carbocycles. The average molecular weight is 456 g/mol. The van der Waals surface area contributed by atoms with Crippen molar-refractivity contribution in [2.45, 2.75) is 13.8 Å². The lowest BCUT2D eigenvalue weighted by Crippen LogP contribution is -2.24. The Labute approximate surface area is 157 Å². The summed E-state index contributed by atoms with van der Waals surface area (Å²) in [5.74, 6) is 0.360. The van der Waals surface area contributed by atoms with Crippen molar-refractivity contribution in [2.24, 2.45) is 5.10 Å². The number of hydrogen-bond acceptors (Lipinski definition) is 4. The second-order valence-corrected chi connectivity index (χ2v) is 6.94. The van der Waals surface area contributed by atoms with Crippen molar-refractivity contribution in [1.82, 2.24) is 5.43 Å². The third-order valence-corrected chi connectivity index (χ3v) is 4.35. The van der Waals surface area contributed by atoms with Crippen LogP contribution in [0, 0.1) is 13.8 Å². The summed E-state index contributed by atoms with van der Waals surface area (Å²) in [6.07, 6.45) is 1.44. The molecule has 126 valence electrons. The van der Waals surface area contributed by atoms with Crippen LogP contribution in [0.4, 0.5) is 0 Å². The number of amides is 1. The zero-order valence-corrected chi connectivity index (χ0v) is 16.3. The van der Waals surface area contributed by atoms with E-state index in [1.165, 1.54) is 12.3 Å². The SMILES string of the molecule is Cc1cc(C)cc(OCC(=O)N/N=C\c2cc(O)c(Br)cc2Br)c1. The highest BCUT2D eigenvalue weighted by molar-refractivity contribution is 9.11. The summed E-state index contributed by atoms with van der Waals surface area (Å²) in [5.41, 5.74) is 5.16. The fourth-order valence-electron chi connectivity index (χ4n) is 2.02. The largest absolute Gasteiger partial charge is 0.507 e. The molecule has 24 heavy (non-hydrogen) atoms. The first kappa shape index (κ1) is 18.5. The van der Waals surface area contributed by atoms with Crippen molar-refractivity contribution in [1.29, 1.82) is 0 Å². The Morgan fingerprint density at radius 2 is 1.83 bits per heavy atom. The van der Waals surface area contributed by atoms with Crippen molar-refractivity contribution in [3.05, 3.63) is 56.0 Å². The van der Waals surface area contributed by atoms with E-state index in [0.29, 0.717) is 15.8 Å². The van der Waals surface area contributed by atoms with Gasteiger partial charge in [0.1, 0.15) is 11.5 Å². The van der Waals surface area contributed by atoms with Crippen LogP contribution in [0.3, 0.4) is 0 Å². The molecule has 0 atom stereocenters. The molecule has 0 aliphatic heterocycles. The van der Waals surface area contributed by atoms with Crippen LogP contribution in [0.15, 0.2) is 44.4 Å². The van der Waals surface area contributed by atoms with Crippen LogP contribution in [0.25, 0.3) is 0 Å². The van der Waals surface area contributed by atoms with Crippen molar-refractivity contribution in [2.75, 3.05) is 6.61 Å². The smallest absolute Gasteiger partial charge is 0.277 e. The van der Waals surface area contributed by atoms with E-state index in [0.717, 1.165) is 15.6 Å². The van der Waals surface area contributed by atoms with E-state index < -0.39 is 0 Å². The number of hydrogen-bond donors (Lipinski definition) is 2. The molecular weight excluding hydrogens is 440 g/mol. The molecule has 0 saturated heterocycles. The average Bonchev–Trinajstić information content (AvgIpc) is 2.49. The molecule has 0 unspecified atom stereocenters. The number of hydrazone groups is 1. The van der Waals surface area contributed by atoms with Gasteiger partial charge in [0.25, 0.3) is 5.91 Å². The summed E-state index contributed by atoms with van der Waals surface area (Å²) in [4.78, 5) is 11.8. The third-order valence-electron chi connectivity index (χ3n) is 3.02. The predicted octanol–water partition coefficient (Wildman–Crippen LogP) is 4.06. The number of benzene rings is 2. The van der Waals surface area contributed by atoms with Crippen LogP contribution in [-0.2, 0) is 4.79 Å². The predicted molar refractivity (Wildman–Crippen MR) is 101 cm³/mol. The maximum atomic E-state index is 11.8. The maximum absolute atomic E-state index is 11.8. The van der Waals surface area contributed by atoms with Crippen LogP contribution >= 0.6 is 31.9 Å². The number of ether oxygens (including phenoxy) is 1. The Hall–Kier alpha value is -1.86. The fourth-order valence-corrected chi connectivity index (χ4v) is 3.12. The lowest BCUT2D eigenvalue weighted by molar-refractivity contribution is -0.123. The van der Waals surface area contributed by atoms with E-state index >= 15 is 0 Å². The first-order valence-electron chi connectivity index (χ1n) is 7.06. The van der Waals surface area contributed by atoms with E-state index in [2.05, 4.69) is 42.4 Å². The first-order chi connectivity index (χ1) is 11.3. The number of rotatable bonds is 5. The van der Waals surface area contributed by atoms with Crippen molar-refractivity contribution in [3.8, 4) is 11.5 Å². The van der Waals surface area contributed by atoms with Crippen LogP contribution in [0.1, 0.15) is 16.7 Å². The minimum atomic E-state index is -0.372. The van der Waals surface area contributed by atoms with Crippen molar-refractivity contribution < 1.29 is 14.6 Å². The van der Waals surface area contributed by atoms with E-state index in [1.807, 2.05) is 32.0 Å². The molecule has 0 aliphatic rings. The van der Waals surface area contributed by atoms with E-state index in [9.17, 15) is 9.90 Å². The van der Waals surface area contributed by atoms with Gasteiger partial charge in [-0.1, -0.05) is 22.0 Å². The van der Waals surface area contributed by atoms with E-state index in [-0.39, 0.29) is 18.3 Å². The van der Waals surface area contributed by atoms with Gasteiger partial charge >= 0.3 is 0 Å². The Bertz CT molecular complexity index is 771. The summed E-state index contributed by atoms with van der Waals surface area (Å²) in [6.45, 7) is 3.80. The molecule has 0 heterocycles. The number of nitrogens with zero attached hydrogens (tertiary/aromatic N) is 1. The van der Waals surface area contributed by atoms with Gasteiger partial charge in [0.15, 0.2) is 6.61 Å². The molecule has 1 amide bonds. The van der Waals surface area contributed by atoms with Gasteiger partial charge in [-0.3, -0.25) is 4.79 Å². The summed E-state index contributed by atoms with van der Waals surface area (Å²) >= 11 is 6.57. The number of phenolic OH excluding ortho intramolecular Hbond substituents is 1. The van der Waals surface area contributed by atoms with E-state index in [1.54, 1.807) is 6.07 Å². The molecule has 2 rings (SSSR count). The maximum Gasteiger partial charge on any atom is 0.277 e. The molecule has 7 heteroatoms. The number of halogens is 2. The normalized spacial score (nSPS) is 10.8. The van der Waals surface area contributed by atoms with Gasteiger partial charge in [0, 0.05) is 10.0 Å². The number of carbonyl (C=O) groups is 1. The van der Waals surface area contributed by atoms with Gasteiger partial charge in [0.05, 0.1) is 10.7 Å². The summed E-state index contributed by atoms with van der Waals surface area (Å²) in [5, 5.41) is 13.5. The highest BCUT2D eigenvalue weighted by Gasteiger charge is 2.05. The zero-order valence-electron chi connectivity index (χ0n) is 13.1. The molecule has 5 nitrogen and oxygen atoms in total. The lowest BCUT2D eigenvalue weighted by Gasteiger charge is -2.07. The van der Waals surface area contributed by atoms with Crippen molar-refractivity contribution in [3.63, 3.8) is 0 Å². The number of phenols is 1. The number of aryl methyl sites for hydroxylation is 2. The quantitative estimate of drug-likeness (QED) is 0.527.